The van der Waals surface area contributed by atoms with E-state index in [0.29, 0.717) is 29.6 Å². The summed E-state index contributed by atoms with van der Waals surface area (Å²) >= 11 is 0. The minimum atomic E-state index is -0.275. The average Bonchev–Trinajstić information content (AvgIpc) is 3.06. The maximum Gasteiger partial charge on any atom is 0.270 e. The fourth-order valence-corrected chi connectivity index (χ4v) is 2.09. The summed E-state index contributed by atoms with van der Waals surface area (Å²) in [5.41, 5.74) is 1.20. The Kier molecular flexibility index (Phi) is 4.33. The summed E-state index contributed by atoms with van der Waals surface area (Å²) in [4.78, 5) is 20.7. The van der Waals surface area contributed by atoms with Crippen molar-refractivity contribution in [3.05, 3.63) is 72.1 Å². The van der Waals surface area contributed by atoms with Crippen molar-refractivity contribution in [1.82, 2.24) is 15.3 Å². The number of benzene rings is 1. The Balaban J connectivity index is 1.73. The van der Waals surface area contributed by atoms with E-state index in [0.717, 1.165) is 5.69 Å². The standard InChI is InChI=1S/C17H16N4O2/c1-12-19-15(17(22)18-11-14-8-5-9-23-14)10-16(20-12)21-13-6-3-2-4-7-13/h2-10H,11H2,1H3,(H,18,22)(H,19,20,21). The molecule has 0 atom stereocenters. The number of nitrogens with one attached hydrogen (secondary N) is 2. The third-order valence-corrected chi connectivity index (χ3v) is 3.12. The molecule has 0 unspecified atom stereocenters. The number of hydrogen-bond acceptors (Lipinski definition) is 5. The summed E-state index contributed by atoms with van der Waals surface area (Å²) in [6, 6.07) is 14.8. The zero-order valence-corrected chi connectivity index (χ0v) is 12.6. The van der Waals surface area contributed by atoms with Gasteiger partial charge in [0.2, 0.25) is 0 Å². The number of rotatable bonds is 5. The van der Waals surface area contributed by atoms with Crippen molar-refractivity contribution in [2.75, 3.05) is 5.32 Å². The van der Waals surface area contributed by atoms with Crippen LogP contribution in [0.1, 0.15) is 22.1 Å². The van der Waals surface area contributed by atoms with Crippen molar-refractivity contribution in [3.63, 3.8) is 0 Å². The molecule has 0 spiro atoms. The molecule has 6 nitrogen and oxygen atoms in total. The van der Waals surface area contributed by atoms with Gasteiger partial charge in [0, 0.05) is 11.8 Å². The van der Waals surface area contributed by atoms with Crippen LogP contribution >= 0.6 is 0 Å². The van der Waals surface area contributed by atoms with Crippen LogP contribution in [0.5, 0.6) is 0 Å². The van der Waals surface area contributed by atoms with Crippen LogP contribution < -0.4 is 10.6 Å². The predicted molar refractivity (Wildman–Crippen MR) is 86.4 cm³/mol. The topological polar surface area (TPSA) is 80.0 Å². The van der Waals surface area contributed by atoms with E-state index in [4.69, 9.17) is 4.42 Å². The van der Waals surface area contributed by atoms with Gasteiger partial charge in [0.05, 0.1) is 12.8 Å². The van der Waals surface area contributed by atoms with Gasteiger partial charge in [-0.05, 0) is 31.2 Å². The van der Waals surface area contributed by atoms with Crippen LogP contribution in [0.25, 0.3) is 0 Å². The number of carbonyl (C=O) groups excluding carboxylic acids is 1. The number of carbonyl (C=O) groups is 1. The minimum absolute atomic E-state index is 0.275. The van der Waals surface area contributed by atoms with Gasteiger partial charge in [-0.15, -0.1) is 0 Å². The largest absolute Gasteiger partial charge is 0.467 e. The van der Waals surface area contributed by atoms with E-state index < -0.39 is 0 Å². The molecular formula is C17H16N4O2. The molecule has 0 radical (unpaired) electrons. The van der Waals surface area contributed by atoms with Crippen molar-refractivity contribution in [2.24, 2.45) is 0 Å². The molecule has 0 saturated heterocycles. The van der Waals surface area contributed by atoms with Gasteiger partial charge in [-0.1, -0.05) is 18.2 Å². The van der Waals surface area contributed by atoms with Gasteiger partial charge in [0.15, 0.2) is 0 Å². The van der Waals surface area contributed by atoms with Gasteiger partial charge in [-0.3, -0.25) is 4.79 Å². The van der Waals surface area contributed by atoms with Gasteiger partial charge in [0.1, 0.15) is 23.1 Å². The molecule has 0 aliphatic carbocycles. The SMILES string of the molecule is Cc1nc(Nc2ccccc2)cc(C(=O)NCc2ccco2)n1. The summed E-state index contributed by atoms with van der Waals surface area (Å²) in [5.74, 6) is 1.51. The zero-order chi connectivity index (χ0) is 16.1. The van der Waals surface area contributed by atoms with Gasteiger partial charge in [0.25, 0.3) is 5.91 Å². The van der Waals surface area contributed by atoms with Crippen molar-refractivity contribution < 1.29 is 9.21 Å². The van der Waals surface area contributed by atoms with E-state index in [1.54, 1.807) is 31.4 Å². The molecule has 3 rings (SSSR count). The normalized spacial score (nSPS) is 10.3. The van der Waals surface area contributed by atoms with Crippen LogP contribution in [-0.2, 0) is 6.54 Å². The molecule has 0 aliphatic heterocycles. The summed E-state index contributed by atoms with van der Waals surface area (Å²) in [5, 5.41) is 5.93. The highest BCUT2D eigenvalue weighted by Gasteiger charge is 2.11. The van der Waals surface area contributed by atoms with Crippen LogP contribution in [-0.4, -0.2) is 15.9 Å². The molecule has 0 fully saturated rings. The van der Waals surface area contributed by atoms with Crippen LogP contribution in [0, 0.1) is 6.92 Å². The summed E-state index contributed by atoms with van der Waals surface area (Å²) in [7, 11) is 0. The third kappa shape index (κ3) is 3.94. The molecule has 2 heterocycles. The molecular weight excluding hydrogens is 292 g/mol. The first-order valence-electron chi connectivity index (χ1n) is 7.19. The highest BCUT2D eigenvalue weighted by molar-refractivity contribution is 5.93. The molecule has 6 heteroatoms. The molecule has 2 N–H and O–H groups in total. The highest BCUT2D eigenvalue weighted by Crippen LogP contribution is 2.15. The molecule has 116 valence electrons. The predicted octanol–water partition coefficient (Wildman–Crippen LogP) is 3.05. The second-order valence-corrected chi connectivity index (χ2v) is 4.94. The van der Waals surface area contributed by atoms with E-state index in [9.17, 15) is 4.79 Å². The molecule has 2 aromatic heterocycles. The van der Waals surface area contributed by atoms with Crippen molar-refractivity contribution >= 4 is 17.4 Å². The smallest absolute Gasteiger partial charge is 0.270 e. The number of hydrogen-bond donors (Lipinski definition) is 2. The second-order valence-electron chi connectivity index (χ2n) is 4.94. The van der Waals surface area contributed by atoms with E-state index in [1.165, 1.54) is 0 Å². The highest BCUT2D eigenvalue weighted by atomic mass is 16.3. The summed E-state index contributed by atoms with van der Waals surface area (Å²) in [6.45, 7) is 2.07. The van der Waals surface area contributed by atoms with Gasteiger partial charge >= 0.3 is 0 Å². The minimum Gasteiger partial charge on any atom is -0.467 e. The van der Waals surface area contributed by atoms with Gasteiger partial charge < -0.3 is 15.1 Å². The summed E-state index contributed by atoms with van der Waals surface area (Å²) < 4.78 is 5.19. The summed E-state index contributed by atoms with van der Waals surface area (Å²) in [6.07, 6.45) is 1.57. The lowest BCUT2D eigenvalue weighted by atomic mass is 10.3. The first kappa shape index (κ1) is 14.8. The Labute approximate surface area is 133 Å². The number of furan rings is 1. The lowest BCUT2D eigenvalue weighted by Gasteiger charge is -2.08. The molecule has 3 aromatic rings. The van der Waals surface area contributed by atoms with Crippen molar-refractivity contribution in [2.45, 2.75) is 13.5 Å². The number of nitrogens with zero attached hydrogens (tertiary/aromatic N) is 2. The molecule has 0 saturated carbocycles. The number of anilines is 2. The Morgan fingerprint density at radius 1 is 1.13 bits per heavy atom. The van der Waals surface area contributed by atoms with Crippen LogP contribution in [0.15, 0.2) is 59.2 Å². The van der Waals surface area contributed by atoms with Crippen LogP contribution in [0.3, 0.4) is 0 Å². The maximum absolute atomic E-state index is 12.2. The van der Waals surface area contributed by atoms with Crippen LogP contribution in [0.4, 0.5) is 11.5 Å². The Bertz CT molecular complexity index is 786. The first-order chi connectivity index (χ1) is 11.2. The van der Waals surface area contributed by atoms with E-state index >= 15 is 0 Å². The van der Waals surface area contributed by atoms with E-state index in [2.05, 4.69) is 20.6 Å². The zero-order valence-electron chi connectivity index (χ0n) is 12.6. The third-order valence-electron chi connectivity index (χ3n) is 3.12. The fourth-order valence-electron chi connectivity index (χ4n) is 2.09. The van der Waals surface area contributed by atoms with E-state index in [1.807, 2.05) is 30.3 Å². The number of aromatic nitrogens is 2. The Hall–Kier alpha value is -3.15. The molecule has 0 bridgehead atoms. The van der Waals surface area contributed by atoms with Crippen molar-refractivity contribution in [1.29, 1.82) is 0 Å². The fraction of sp³-hybridized carbons (Fsp3) is 0.118. The van der Waals surface area contributed by atoms with E-state index in [-0.39, 0.29) is 5.91 Å². The quantitative estimate of drug-likeness (QED) is 0.757. The average molecular weight is 308 g/mol. The Morgan fingerprint density at radius 2 is 1.96 bits per heavy atom. The first-order valence-corrected chi connectivity index (χ1v) is 7.19. The molecule has 1 aromatic carbocycles. The van der Waals surface area contributed by atoms with Crippen LogP contribution in [0.2, 0.25) is 0 Å². The molecule has 1 amide bonds. The lowest BCUT2D eigenvalue weighted by molar-refractivity contribution is 0.0942. The number of amides is 1. The van der Waals surface area contributed by atoms with Gasteiger partial charge in [-0.2, -0.15) is 0 Å². The Morgan fingerprint density at radius 3 is 2.70 bits per heavy atom. The number of aryl methyl sites for hydroxylation is 1. The monoisotopic (exact) mass is 308 g/mol. The maximum atomic E-state index is 12.2. The molecule has 0 aliphatic rings. The van der Waals surface area contributed by atoms with Crippen molar-refractivity contribution in [3.8, 4) is 0 Å². The lowest BCUT2D eigenvalue weighted by Crippen LogP contribution is -2.24. The second kappa shape index (κ2) is 6.74. The number of para-hydroxylation sites is 1. The van der Waals surface area contributed by atoms with Gasteiger partial charge in [-0.25, -0.2) is 9.97 Å². The molecule has 23 heavy (non-hydrogen) atoms.